The van der Waals surface area contributed by atoms with Crippen molar-refractivity contribution >= 4 is 48.6 Å². The van der Waals surface area contributed by atoms with Crippen LogP contribution in [0.25, 0.3) is 42.4 Å². The Kier molecular flexibility index (Phi) is 6.47. The van der Waals surface area contributed by atoms with Gasteiger partial charge in [-0.3, -0.25) is 0 Å². The van der Waals surface area contributed by atoms with Crippen molar-refractivity contribution in [3.05, 3.63) is 221 Å². The third-order valence-corrected chi connectivity index (χ3v) is 12.6. The van der Waals surface area contributed by atoms with Crippen LogP contribution in [0.3, 0.4) is 0 Å². The number of hydrogen-bond acceptors (Lipinski definition) is 2. The molecule has 244 valence electrons. The maximum absolute atomic E-state index is 2.46. The topological polar surface area (TPSA) is 3.24 Å². The fourth-order valence-corrected chi connectivity index (χ4v) is 10.6. The van der Waals surface area contributed by atoms with E-state index in [9.17, 15) is 0 Å². The van der Waals surface area contributed by atoms with Crippen molar-refractivity contribution in [2.45, 2.75) is 11.8 Å². The lowest BCUT2D eigenvalue weighted by atomic mass is 9.67. The van der Waals surface area contributed by atoms with Crippen LogP contribution in [0.5, 0.6) is 0 Å². The van der Waals surface area contributed by atoms with E-state index >= 15 is 0 Å². The summed E-state index contributed by atoms with van der Waals surface area (Å²) in [7, 11) is 0. The highest BCUT2D eigenvalue weighted by Crippen LogP contribution is 2.58. The predicted molar refractivity (Wildman–Crippen MR) is 220 cm³/mol. The largest absolute Gasteiger partial charge is 0.310 e. The molecule has 1 aromatic heterocycles. The number of nitrogens with zero attached hydrogens (tertiary/aromatic N) is 1. The molecule has 0 unspecified atom stereocenters. The fourth-order valence-electron chi connectivity index (χ4n) is 9.26. The van der Waals surface area contributed by atoms with Crippen molar-refractivity contribution in [2.24, 2.45) is 0 Å². The van der Waals surface area contributed by atoms with E-state index in [4.69, 9.17) is 0 Å². The third-order valence-electron chi connectivity index (χ3n) is 11.4. The highest BCUT2D eigenvalue weighted by Gasteiger charge is 2.47. The maximum Gasteiger partial charge on any atom is 0.0727 e. The zero-order chi connectivity index (χ0) is 34.2. The molecule has 0 spiro atoms. The molecule has 8 aromatic carbocycles. The van der Waals surface area contributed by atoms with Crippen LogP contribution in [-0.4, -0.2) is 0 Å². The first-order valence-electron chi connectivity index (χ1n) is 18.1. The summed E-state index contributed by atoms with van der Waals surface area (Å²) in [4.78, 5) is 2.46. The molecule has 9 aromatic rings. The second-order valence-corrected chi connectivity index (χ2v) is 15.0. The summed E-state index contributed by atoms with van der Waals surface area (Å²) < 4.78 is 2.63. The van der Waals surface area contributed by atoms with Gasteiger partial charge in [-0.05, 0) is 86.8 Å². The Morgan fingerprint density at radius 2 is 1.06 bits per heavy atom. The molecule has 1 nitrogen and oxygen atoms in total. The van der Waals surface area contributed by atoms with Crippen molar-refractivity contribution in [3.8, 4) is 22.3 Å². The van der Waals surface area contributed by atoms with E-state index in [2.05, 4.69) is 193 Å². The molecule has 2 heteroatoms. The SMILES string of the molecule is c1ccc(N(c2ccc3c(c2)sc2c(C4(c5ccccc5)c5ccccc5-c5ccccc54)cccc23)c2cccc3c2-c2ccccc2C3)cc1. The normalized spacial score (nSPS) is 13.5. The molecule has 0 radical (unpaired) electrons. The summed E-state index contributed by atoms with van der Waals surface area (Å²) in [6, 6.07) is 69.8. The van der Waals surface area contributed by atoms with E-state index < -0.39 is 5.41 Å². The Bertz CT molecular complexity index is 2780. The Morgan fingerprint density at radius 1 is 0.442 bits per heavy atom. The monoisotopic (exact) mass is 679 g/mol. The lowest BCUT2D eigenvalue weighted by molar-refractivity contribution is 0.778. The molecule has 0 atom stereocenters. The average Bonchev–Trinajstić information content (AvgIpc) is 3.87. The van der Waals surface area contributed by atoms with Crippen molar-refractivity contribution in [1.29, 1.82) is 0 Å². The number of anilines is 3. The Morgan fingerprint density at radius 3 is 1.83 bits per heavy atom. The van der Waals surface area contributed by atoms with E-state index in [1.165, 1.54) is 87.2 Å². The quantitative estimate of drug-likeness (QED) is 0.175. The minimum atomic E-state index is -0.439. The zero-order valence-electron chi connectivity index (χ0n) is 28.5. The third kappa shape index (κ3) is 4.10. The van der Waals surface area contributed by atoms with Crippen LogP contribution in [0.15, 0.2) is 188 Å². The number of rotatable bonds is 5. The van der Waals surface area contributed by atoms with E-state index in [1.807, 2.05) is 11.3 Å². The molecule has 0 saturated heterocycles. The number of benzene rings is 8. The van der Waals surface area contributed by atoms with Crippen LogP contribution in [-0.2, 0) is 11.8 Å². The smallest absolute Gasteiger partial charge is 0.0727 e. The fraction of sp³-hybridized carbons (Fsp3) is 0.0400. The van der Waals surface area contributed by atoms with Gasteiger partial charge in [0, 0.05) is 37.1 Å². The van der Waals surface area contributed by atoms with Gasteiger partial charge in [0.05, 0.1) is 11.1 Å². The van der Waals surface area contributed by atoms with Gasteiger partial charge in [0.2, 0.25) is 0 Å². The highest BCUT2D eigenvalue weighted by molar-refractivity contribution is 7.26. The lowest BCUT2D eigenvalue weighted by Gasteiger charge is -2.34. The van der Waals surface area contributed by atoms with Gasteiger partial charge in [-0.25, -0.2) is 0 Å². The van der Waals surface area contributed by atoms with Crippen molar-refractivity contribution in [1.82, 2.24) is 0 Å². The zero-order valence-corrected chi connectivity index (χ0v) is 29.3. The number of thiophene rings is 1. The summed E-state index contributed by atoms with van der Waals surface area (Å²) in [6.07, 6.45) is 0.968. The standard InChI is InChI=1S/C50H33NS/c1-3-17-35(18-4-1)50(43-25-11-9-22-39(43)40-23-10-12-26-44(40)50)45-27-14-24-42-41-30-29-37(32-47(41)52-49(42)45)51(36-19-5-2-6-20-36)46-28-13-16-34-31-33-15-7-8-21-38(33)48(34)46/h1-30,32H,31H2. The van der Waals surface area contributed by atoms with Crippen molar-refractivity contribution < 1.29 is 0 Å². The van der Waals surface area contributed by atoms with Gasteiger partial charge in [-0.2, -0.15) is 0 Å². The van der Waals surface area contributed by atoms with Gasteiger partial charge < -0.3 is 4.90 Å². The van der Waals surface area contributed by atoms with Gasteiger partial charge in [0.25, 0.3) is 0 Å². The molecule has 0 bridgehead atoms. The molecule has 0 saturated carbocycles. The second kappa shape index (κ2) is 11.4. The summed E-state index contributed by atoms with van der Waals surface area (Å²) >= 11 is 1.93. The number of para-hydroxylation sites is 1. The Balaban J connectivity index is 1.16. The molecular weight excluding hydrogens is 647 g/mol. The molecule has 0 fully saturated rings. The first kappa shape index (κ1) is 29.5. The first-order valence-corrected chi connectivity index (χ1v) is 18.9. The van der Waals surface area contributed by atoms with Crippen molar-refractivity contribution in [2.75, 3.05) is 4.90 Å². The van der Waals surface area contributed by atoms with Gasteiger partial charge in [-0.15, -0.1) is 11.3 Å². The van der Waals surface area contributed by atoms with Gasteiger partial charge in [-0.1, -0.05) is 158 Å². The summed E-state index contributed by atoms with van der Waals surface area (Å²) in [6.45, 7) is 0. The highest BCUT2D eigenvalue weighted by atomic mass is 32.1. The molecule has 1 heterocycles. The molecule has 11 rings (SSSR count). The molecule has 52 heavy (non-hydrogen) atoms. The summed E-state index contributed by atoms with van der Waals surface area (Å²) in [5.41, 5.74) is 16.5. The van der Waals surface area contributed by atoms with Gasteiger partial charge in [0.1, 0.15) is 0 Å². The van der Waals surface area contributed by atoms with Crippen LogP contribution in [0.4, 0.5) is 17.1 Å². The molecule has 0 aliphatic heterocycles. The molecule has 2 aliphatic rings. The van der Waals surface area contributed by atoms with E-state index in [0.29, 0.717) is 0 Å². The maximum atomic E-state index is 2.46. The molecule has 0 N–H and O–H groups in total. The van der Waals surface area contributed by atoms with Crippen LogP contribution in [0, 0.1) is 0 Å². The van der Waals surface area contributed by atoms with Crippen LogP contribution < -0.4 is 4.90 Å². The summed E-state index contributed by atoms with van der Waals surface area (Å²) in [5.74, 6) is 0. The number of hydrogen-bond donors (Lipinski definition) is 0. The second-order valence-electron chi connectivity index (χ2n) is 14.0. The average molecular weight is 680 g/mol. The summed E-state index contributed by atoms with van der Waals surface area (Å²) in [5, 5.41) is 2.60. The Hall–Kier alpha value is -6.22. The van der Waals surface area contributed by atoms with E-state index in [1.54, 1.807) is 0 Å². The van der Waals surface area contributed by atoms with Crippen molar-refractivity contribution in [3.63, 3.8) is 0 Å². The number of fused-ring (bicyclic) bond motifs is 9. The first-order chi connectivity index (χ1) is 25.8. The van der Waals surface area contributed by atoms with E-state index in [-0.39, 0.29) is 0 Å². The molecular formula is C50H33NS. The van der Waals surface area contributed by atoms with Gasteiger partial charge >= 0.3 is 0 Å². The van der Waals surface area contributed by atoms with Crippen LogP contribution in [0.1, 0.15) is 33.4 Å². The molecule has 2 aliphatic carbocycles. The minimum absolute atomic E-state index is 0.439. The predicted octanol–water partition coefficient (Wildman–Crippen LogP) is 13.5. The Labute approximate surface area is 307 Å². The van der Waals surface area contributed by atoms with Crippen LogP contribution >= 0.6 is 11.3 Å². The molecule has 0 amide bonds. The van der Waals surface area contributed by atoms with Crippen LogP contribution in [0.2, 0.25) is 0 Å². The van der Waals surface area contributed by atoms with E-state index in [0.717, 1.165) is 12.1 Å². The minimum Gasteiger partial charge on any atom is -0.310 e. The van der Waals surface area contributed by atoms with Gasteiger partial charge in [0.15, 0.2) is 0 Å². The lowest BCUT2D eigenvalue weighted by Crippen LogP contribution is -2.28.